The number of rotatable bonds is 9. The minimum atomic E-state index is -1.04. The van der Waals surface area contributed by atoms with E-state index in [-0.39, 0.29) is 5.88 Å². The number of ether oxygens (including phenoxy) is 2. The first kappa shape index (κ1) is 15.2. The number of nitrogens with one attached hydrogen (secondary N) is 1. The fourth-order valence-corrected chi connectivity index (χ4v) is 1.41. The van der Waals surface area contributed by atoms with Crippen LogP contribution in [0.5, 0.6) is 5.88 Å². The second-order valence-electron chi connectivity index (χ2n) is 3.87. The predicted octanol–water partition coefficient (Wildman–Crippen LogP) is 0.951. The van der Waals surface area contributed by atoms with Gasteiger partial charge in [0, 0.05) is 25.4 Å². The Hall–Kier alpha value is -1.89. The summed E-state index contributed by atoms with van der Waals surface area (Å²) in [5, 5.41) is 11.6. The fraction of sp³-hybridized carbons (Fsp3) is 0.583. The average molecular weight is 269 g/mol. The molecule has 0 spiro atoms. The third-order valence-corrected chi connectivity index (χ3v) is 2.19. The van der Waals surface area contributed by atoms with Crippen molar-refractivity contribution in [1.29, 1.82) is 0 Å². The van der Waals surface area contributed by atoms with E-state index in [0.29, 0.717) is 19.1 Å². The maximum Gasteiger partial charge on any atom is 0.341 e. The van der Waals surface area contributed by atoms with Crippen molar-refractivity contribution < 1.29 is 19.4 Å². The first-order valence-corrected chi connectivity index (χ1v) is 6.11. The largest absolute Gasteiger partial charge is 0.479 e. The van der Waals surface area contributed by atoms with Crippen LogP contribution in [0.2, 0.25) is 0 Å². The first-order valence-electron chi connectivity index (χ1n) is 6.11. The predicted molar refractivity (Wildman–Crippen MR) is 69.5 cm³/mol. The molecule has 0 fully saturated rings. The van der Waals surface area contributed by atoms with E-state index in [1.807, 2.05) is 6.92 Å². The highest BCUT2D eigenvalue weighted by Crippen LogP contribution is 2.13. The van der Waals surface area contributed by atoms with Crippen LogP contribution in [0.4, 0.5) is 5.95 Å². The Kier molecular flexibility index (Phi) is 6.59. The zero-order chi connectivity index (χ0) is 14.1. The molecule has 0 aliphatic rings. The van der Waals surface area contributed by atoms with Crippen molar-refractivity contribution in [2.75, 3.05) is 32.2 Å². The minimum absolute atomic E-state index is 0.265. The number of carbonyl (C=O) groups is 1. The Labute approximate surface area is 112 Å². The summed E-state index contributed by atoms with van der Waals surface area (Å²) < 4.78 is 10.0. The van der Waals surface area contributed by atoms with Crippen molar-refractivity contribution in [2.45, 2.75) is 19.8 Å². The summed E-state index contributed by atoms with van der Waals surface area (Å²) in [5.74, 6) is -0.353. The summed E-state index contributed by atoms with van der Waals surface area (Å²) in [5.41, 5.74) is 0.817. The monoisotopic (exact) mass is 269 g/mol. The lowest BCUT2D eigenvalue weighted by Crippen LogP contribution is -2.14. The molecule has 0 unspecified atom stereocenters. The van der Waals surface area contributed by atoms with E-state index < -0.39 is 12.6 Å². The number of methoxy groups -OCH3 is 1. The van der Waals surface area contributed by atoms with Gasteiger partial charge >= 0.3 is 5.97 Å². The zero-order valence-electron chi connectivity index (χ0n) is 11.2. The van der Waals surface area contributed by atoms with Crippen LogP contribution in [0.3, 0.4) is 0 Å². The van der Waals surface area contributed by atoms with E-state index >= 15 is 0 Å². The molecule has 7 nitrogen and oxygen atoms in total. The van der Waals surface area contributed by atoms with Crippen molar-refractivity contribution in [3.8, 4) is 5.88 Å². The zero-order valence-corrected chi connectivity index (χ0v) is 11.2. The van der Waals surface area contributed by atoms with Crippen molar-refractivity contribution in [1.82, 2.24) is 9.97 Å². The summed E-state index contributed by atoms with van der Waals surface area (Å²) in [6.45, 7) is 2.73. The molecule has 2 N–H and O–H groups in total. The second kappa shape index (κ2) is 8.25. The lowest BCUT2D eigenvalue weighted by atomic mass is 10.2. The van der Waals surface area contributed by atoms with Crippen LogP contribution < -0.4 is 10.1 Å². The number of aryl methyl sites for hydroxylation is 1. The molecule has 1 aromatic heterocycles. The van der Waals surface area contributed by atoms with E-state index in [2.05, 4.69) is 15.3 Å². The first-order chi connectivity index (χ1) is 9.15. The van der Waals surface area contributed by atoms with Gasteiger partial charge in [-0.05, 0) is 6.42 Å². The molecule has 0 aliphatic heterocycles. The fourth-order valence-electron chi connectivity index (χ4n) is 1.41. The van der Waals surface area contributed by atoms with Gasteiger partial charge in [0.2, 0.25) is 11.8 Å². The molecule has 0 saturated heterocycles. The van der Waals surface area contributed by atoms with Crippen LogP contribution in [0, 0.1) is 0 Å². The number of aromatic nitrogens is 2. The van der Waals surface area contributed by atoms with Gasteiger partial charge in [-0.25, -0.2) is 9.78 Å². The molecule has 0 aliphatic carbocycles. The van der Waals surface area contributed by atoms with Gasteiger partial charge in [-0.15, -0.1) is 0 Å². The van der Waals surface area contributed by atoms with Gasteiger partial charge in [0.05, 0.1) is 6.61 Å². The van der Waals surface area contributed by atoms with Crippen molar-refractivity contribution in [3.63, 3.8) is 0 Å². The van der Waals surface area contributed by atoms with E-state index in [9.17, 15) is 4.79 Å². The number of hydrogen-bond acceptors (Lipinski definition) is 6. The van der Waals surface area contributed by atoms with Crippen LogP contribution in [-0.4, -0.2) is 47.9 Å². The molecule has 1 heterocycles. The lowest BCUT2D eigenvalue weighted by molar-refractivity contribution is -0.139. The van der Waals surface area contributed by atoms with E-state index in [1.54, 1.807) is 13.2 Å². The molecule has 106 valence electrons. The number of aliphatic carboxylic acids is 1. The van der Waals surface area contributed by atoms with E-state index in [4.69, 9.17) is 14.6 Å². The van der Waals surface area contributed by atoms with Gasteiger partial charge in [-0.3, -0.25) is 0 Å². The Bertz CT molecular complexity index is 412. The van der Waals surface area contributed by atoms with Gasteiger partial charge in [-0.2, -0.15) is 4.98 Å². The third-order valence-electron chi connectivity index (χ3n) is 2.19. The molecular formula is C12H19N3O4. The van der Waals surface area contributed by atoms with Crippen molar-refractivity contribution in [3.05, 3.63) is 11.8 Å². The van der Waals surface area contributed by atoms with Crippen molar-refractivity contribution >= 4 is 11.9 Å². The molecular weight excluding hydrogens is 250 g/mol. The Morgan fingerprint density at radius 1 is 1.47 bits per heavy atom. The molecule has 0 atom stereocenters. The summed E-state index contributed by atoms with van der Waals surface area (Å²) in [4.78, 5) is 18.9. The molecule has 19 heavy (non-hydrogen) atoms. The van der Waals surface area contributed by atoms with Crippen molar-refractivity contribution in [2.24, 2.45) is 0 Å². The third kappa shape index (κ3) is 6.01. The molecule has 0 radical (unpaired) electrons. The van der Waals surface area contributed by atoms with Gasteiger partial charge in [0.15, 0.2) is 6.61 Å². The van der Waals surface area contributed by atoms with Gasteiger partial charge in [0.25, 0.3) is 0 Å². The summed E-state index contributed by atoms with van der Waals surface area (Å²) in [7, 11) is 1.61. The smallest absolute Gasteiger partial charge is 0.341 e. The SMILES string of the molecule is CCCc1cc(OCC(=O)O)nc(NCCOC)n1. The van der Waals surface area contributed by atoms with Crippen LogP contribution in [-0.2, 0) is 16.0 Å². The Balaban J connectivity index is 2.74. The normalized spacial score (nSPS) is 10.2. The molecule has 0 amide bonds. The second-order valence-corrected chi connectivity index (χ2v) is 3.87. The molecule has 0 saturated carbocycles. The average Bonchev–Trinajstić information content (AvgIpc) is 2.37. The van der Waals surface area contributed by atoms with E-state index in [1.165, 1.54) is 0 Å². The van der Waals surface area contributed by atoms with Gasteiger partial charge in [0.1, 0.15) is 0 Å². The van der Waals surface area contributed by atoms with Gasteiger partial charge in [-0.1, -0.05) is 13.3 Å². The molecule has 1 aromatic rings. The number of anilines is 1. The number of nitrogens with zero attached hydrogens (tertiary/aromatic N) is 2. The number of carboxylic acid groups (broad SMARTS) is 1. The maximum atomic E-state index is 10.5. The number of carboxylic acids is 1. The number of hydrogen-bond donors (Lipinski definition) is 2. The van der Waals surface area contributed by atoms with Crippen LogP contribution in [0.15, 0.2) is 6.07 Å². The summed E-state index contributed by atoms with van der Waals surface area (Å²) in [6, 6.07) is 1.66. The standard InChI is InChI=1S/C12H19N3O4/c1-3-4-9-7-10(19-8-11(16)17)15-12(14-9)13-5-6-18-2/h7H,3-6,8H2,1-2H3,(H,16,17)(H,13,14,15). The van der Waals surface area contributed by atoms with Crippen LogP contribution >= 0.6 is 0 Å². The highest BCUT2D eigenvalue weighted by Gasteiger charge is 2.07. The molecule has 7 heteroatoms. The molecule has 1 rings (SSSR count). The lowest BCUT2D eigenvalue weighted by Gasteiger charge is -2.09. The van der Waals surface area contributed by atoms with Crippen LogP contribution in [0.1, 0.15) is 19.0 Å². The Morgan fingerprint density at radius 2 is 2.26 bits per heavy atom. The highest BCUT2D eigenvalue weighted by molar-refractivity contribution is 5.68. The van der Waals surface area contributed by atoms with Crippen LogP contribution in [0.25, 0.3) is 0 Å². The van der Waals surface area contributed by atoms with E-state index in [0.717, 1.165) is 18.5 Å². The minimum Gasteiger partial charge on any atom is -0.479 e. The van der Waals surface area contributed by atoms with Gasteiger partial charge < -0.3 is 19.9 Å². The summed E-state index contributed by atoms with van der Waals surface area (Å²) >= 11 is 0. The highest BCUT2D eigenvalue weighted by atomic mass is 16.5. The molecule has 0 bridgehead atoms. The quantitative estimate of drug-likeness (QED) is 0.644. The maximum absolute atomic E-state index is 10.5. The Morgan fingerprint density at radius 3 is 2.89 bits per heavy atom. The molecule has 0 aromatic carbocycles. The summed E-state index contributed by atoms with van der Waals surface area (Å²) in [6.07, 6.45) is 1.72. The topological polar surface area (TPSA) is 93.6 Å².